The molecule has 104 valence electrons. The summed E-state index contributed by atoms with van der Waals surface area (Å²) >= 11 is 0. The van der Waals surface area contributed by atoms with Crippen LogP contribution in [0, 0.1) is 0 Å². The third-order valence-electron chi connectivity index (χ3n) is 3.42. The third-order valence-corrected chi connectivity index (χ3v) is 3.42. The first-order valence-electron chi connectivity index (χ1n) is 6.77. The second-order valence-corrected chi connectivity index (χ2v) is 4.88. The Labute approximate surface area is 117 Å². The number of nitrogens with one attached hydrogen (secondary N) is 2. The van der Waals surface area contributed by atoms with Crippen molar-refractivity contribution in [2.75, 3.05) is 13.2 Å². The van der Waals surface area contributed by atoms with Gasteiger partial charge in [-0.3, -0.25) is 4.98 Å². The number of aromatic nitrogens is 1. The van der Waals surface area contributed by atoms with Crippen LogP contribution in [0.4, 0.5) is 4.79 Å². The lowest BCUT2D eigenvalue weighted by Gasteiger charge is -2.12. The maximum absolute atomic E-state index is 11.8. The SMILES string of the molecule is O=C(NCc1cccc2cccnc12)NC1CCOC1. The molecule has 2 amide bonds. The average Bonchev–Trinajstić information content (AvgIpc) is 2.98. The van der Waals surface area contributed by atoms with E-state index in [9.17, 15) is 4.79 Å². The Hall–Kier alpha value is -2.14. The van der Waals surface area contributed by atoms with E-state index in [1.54, 1.807) is 6.20 Å². The monoisotopic (exact) mass is 271 g/mol. The number of para-hydroxylation sites is 1. The van der Waals surface area contributed by atoms with Crippen LogP contribution in [0.2, 0.25) is 0 Å². The lowest BCUT2D eigenvalue weighted by atomic mass is 10.1. The second kappa shape index (κ2) is 5.88. The number of fused-ring (bicyclic) bond motifs is 1. The first-order chi connectivity index (χ1) is 9.83. The number of hydrogen-bond acceptors (Lipinski definition) is 3. The van der Waals surface area contributed by atoms with Crippen LogP contribution in [0.5, 0.6) is 0 Å². The van der Waals surface area contributed by atoms with E-state index in [4.69, 9.17) is 4.74 Å². The largest absolute Gasteiger partial charge is 0.379 e. The summed E-state index contributed by atoms with van der Waals surface area (Å²) in [4.78, 5) is 16.2. The Kier molecular flexibility index (Phi) is 3.78. The summed E-state index contributed by atoms with van der Waals surface area (Å²) in [6.45, 7) is 1.79. The van der Waals surface area contributed by atoms with Crippen molar-refractivity contribution in [3.05, 3.63) is 42.1 Å². The van der Waals surface area contributed by atoms with E-state index < -0.39 is 0 Å². The lowest BCUT2D eigenvalue weighted by Crippen LogP contribution is -2.42. The summed E-state index contributed by atoms with van der Waals surface area (Å²) in [5.74, 6) is 0. The fourth-order valence-electron chi connectivity index (χ4n) is 2.37. The fraction of sp³-hybridized carbons (Fsp3) is 0.333. The number of nitrogens with zero attached hydrogens (tertiary/aromatic N) is 1. The van der Waals surface area contributed by atoms with Gasteiger partial charge in [-0.05, 0) is 18.1 Å². The van der Waals surface area contributed by atoms with Gasteiger partial charge in [0.15, 0.2) is 0 Å². The summed E-state index contributed by atoms with van der Waals surface area (Å²) in [7, 11) is 0. The number of carbonyl (C=O) groups is 1. The van der Waals surface area contributed by atoms with Crippen LogP contribution in [0.25, 0.3) is 10.9 Å². The zero-order valence-electron chi connectivity index (χ0n) is 11.1. The maximum atomic E-state index is 11.8. The first-order valence-corrected chi connectivity index (χ1v) is 6.77. The van der Waals surface area contributed by atoms with Gasteiger partial charge in [0.25, 0.3) is 0 Å². The number of urea groups is 1. The average molecular weight is 271 g/mol. The quantitative estimate of drug-likeness (QED) is 0.895. The number of ether oxygens (including phenoxy) is 1. The minimum Gasteiger partial charge on any atom is -0.379 e. The van der Waals surface area contributed by atoms with Gasteiger partial charge in [-0.1, -0.05) is 24.3 Å². The predicted octanol–water partition coefficient (Wildman–Crippen LogP) is 1.82. The smallest absolute Gasteiger partial charge is 0.315 e. The van der Waals surface area contributed by atoms with E-state index in [0.29, 0.717) is 13.2 Å². The number of amides is 2. The number of benzene rings is 1. The van der Waals surface area contributed by atoms with Gasteiger partial charge in [-0.25, -0.2) is 4.79 Å². The number of carbonyl (C=O) groups excluding carboxylic acids is 1. The Bertz CT molecular complexity index is 604. The molecule has 3 rings (SSSR count). The van der Waals surface area contributed by atoms with E-state index in [1.165, 1.54) is 0 Å². The van der Waals surface area contributed by atoms with Crippen molar-refractivity contribution in [1.29, 1.82) is 0 Å². The van der Waals surface area contributed by atoms with Crippen LogP contribution in [0.3, 0.4) is 0 Å². The van der Waals surface area contributed by atoms with Crippen molar-refractivity contribution < 1.29 is 9.53 Å². The molecule has 0 aliphatic carbocycles. The molecule has 1 atom stereocenters. The summed E-state index contributed by atoms with van der Waals surface area (Å²) in [5, 5.41) is 6.85. The van der Waals surface area contributed by atoms with Crippen molar-refractivity contribution in [3.63, 3.8) is 0 Å². The molecule has 20 heavy (non-hydrogen) atoms. The predicted molar refractivity (Wildman–Crippen MR) is 76.3 cm³/mol. The molecule has 0 radical (unpaired) electrons. The standard InChI is InChI=1S/C15H17N3O2/c19-15(18-13-6-8-20-10-13)17-9-12-4-1-3-11-5-2-7-16-14(11)12/h1-5,7,13H,6,8-10H2,(H2,17,18,19). The van der Waals surface area contributed by atoms with E-state index >= 15 is 0 Å². The van der Waals surface area contributed by atoms with Crippen LogP contribution >= 0.6 is 0 Å². The molecule has 2 aromatic rings. The molecular formula is C15H17N3O2. The van der Waals surface area contributed by atoms with E-state index in [-0.39, 0.29) is 12.1 Å². The zero-order chi connectivity index (χ0) is 13.8. The number of pyridine rings is 1. The Morgan fingerprint density at radius 3 is 3.10 bits per heavy atom. The summed E-state index contributed by atoms with van der Waals surface area (Å²) in [5.41, 5.74) is 1.94. The molecule has 1 aromatic heterocycles. The number of rotatable bonds is 3. The molecule has 1 saturated heterocycles. The van der Waals surface area contributed by atoms with Crippen molar-refractivity contribution in [3.8, 4) is 0 Å². The topological polar surface area (TPSA) is 63.2 Å². The van der Waals surface area contributed by atoms with Crippen LogP contribution in [0.15, 0.2) is 36.5 Å². The van der Waals surface area contributed by atoms with Gasteiger partial charge in [0, 0.05) is 24.7 Å². The molecule has 1 aliphatic rings. The summed E-state index contributed by atoms with van der Waals surface area (Å²) in [6, 6.07) is 9.86. The Balaban J connectivity index is 1.63. The molecule has 2 N–H and O–H groups in total. The normalized spacial score (nSPS) is 18.1. The van der Waals surface area contributed by atoms with Crippen LogP contribution in [-0.4, -0.2) is 30.3 Å². The molecule has 2 heterocycles. The third kappa shape index (κ3) is 2.88. The van der Waals surface area contributed by atoms with Crippen molar-refractivity contribution in [2.45, 2.75) is 19.0 Å². The maximum Gasteiger partial charge on any atom is 0.315 e. The minimum absolute atomic E-state index is 0.126. The molecule has 0 saturated carbocycles. The molecule has 5 heteroatoms. The molecular weight excluding hydrogens is 254 g/mol. The Morgan fingerprint density at radius 1 is 1.35 bits per heavy atom. The van der Waals surface area contributed by atoms with E-state index in [0.717, 1.165) is 29.5 Å². The van der Waals surface area contributed by atoms with Crippen molar-refractivity contribution in [2.24, 2.45) is 0 Å². The molecule has 0 spiro atoms. The highest BCUT2D eigenvalue weighted by atomic mass is 16.5. The molecule has 1 aromatic carbocycles. The molecule has 1 fully saturated rings. The highest BCUT2D eigenvalue weighted by Crippen LogP contribution is 2.15. The molecule has 1 unspecified atom stereocenters. The highest BCUT2D eigenvalue weighted by Gasteiger charge is 2.17. The van der Waals surface area contributed by atoms with Gasteiger partial charge in [0.2, 0.25) is 0 Å². The van der Waals surface area contributed by atoms with Gasteiger partial charge in [0.1, 0.15) is 0 Å². The molecule has 1 aliphatic heterocycles. The van der Waals surface area contributed by atoms with Crippen molar-refractivity contribution >= 4 is 16.9 Å². The lowest BCUT2D eigenvalue weighted by molar-refractivity contribution is 0.188. The van der Waals surface area contributed by atoms with E-state index in [2.05, 4.69) is 15.6 Å². The van der Waals surface area contributed by atoms with E-state index in [1.807, 2.05) is 30.3 Å². The summed E-state index contributed by atoms with van der Waals surface area (Å²) in [6.07, 6.45) is 2.64. The fourth-order valence-corrected chi connectivity index (χ4v) is 2.37. The van der Waals surface area contributed by atoms with Gasteiger partial charge in [-0.15, -0.1) is 0 Å². The van der Waals surface area contributed by atoms with Gasteiger partial charge >= 0.3 is 6.03 Å². The molecule has 0 bridgehead atoms. The van der Waals surface area contributed by atoms with Crippen LogP contribution in [-0.2, 0) is 11.3 Å². The number of hydrogen-bond donors (Lipinski definition) is 2. The van der Waals surface area contributed by atoms with Crippen LogP contribution < -0.4 is 10.6 Å². The summed E-state index contributed by atoms with van der Waals surface area (Å²) < 4.78 is 5.23. The highest BCUT2D eigenvalue weighted by molar-refractivity contribution is 5.82. The van der Waals surface area contributed by atoms with Crippen molar-refractivity contribution in [1.82, 2.24) is 15.6 Å². The Morgan fingerprint density at radius 2 is 2.25 bits per heavy atom. The first kappa shape index (κ1) is 12.9. The van der Waals surface area contributed by atoms with Gasteiger partial charge < -0.3 is 15.4 Å². The zero-order valence-corrected chi connectivity index (χ0v) is 11.1. The second-order valence-electron chi connectivity index (χ2n) is 4.88. The van der Waals surface area contributed by atoms with Gasteiger partial charge in [0.05, 0.1) is 18.2 Å². The van der Waals surface area contributed by atoms with Gasteiger partial charge in [-0.2, -0.15) is 0 Å². The van der Waals surface area contributed by atoms with Crippen LogP contribution in [0.1, 0.15) is 12.0 Å². The molecule has 5 nitrogen and oxygen atoms in total. The minimum atomic E-state index is -0.159.